The average molecular weight is 237 g/mol. The maximum absolute atomic E-state index is 11.6. The number of rotatable bonds is 6. The Bertz CT molecular complexity index is 365. The Hall–Kier alpha value is -1.71. The summed E-state index contributed by atoms with van der Waals surface area (Å²) in [4.78, 5) is 11.6. The average Bonchev–Trinajstić information content (AvgIpc) is 2.36. The van der Waals surface area contributed by atoms with Crippen LogP contribution in [0.4, 0.5) is 5.69 Å². The maximum atomic E-state index is 11.6. The lowest BCUT2D eigenvalue weighted by Crippen LogP contribution is -2.30. The number of hydrogen-bond acceptors (Lipinski definition) is 4. The van der Waals surface area contributed by atoms with E-state index in [4.69, 9.17) is 9.47 Å². The van der Waals surface area contributed by atoms with Crippen molar-refractivity contribution in [3.05, 3.63) is 24.3 Å². The summed E-state index contributed by atoms with van der Waals surface area (Å²) in [7, 11) is 1.61. The third-order valence-electron chi connectivity index (χ3n) is 2.39. The van der Waals surface area contributed by atoms with Crippen molar-refractivity contribution in [2.75, 3.05) is 19.0 Å². The van der Waals surface area contributed by atoms with Crippen LogP contribution in [-0.2, 0) is 9.53 Å². The number of nitrogens with one attached hydrogen (secondary N) is 1. The van der Waals surface area contributed by atoms with Crippen LogP contribution in [0.3, 0.4) is 0 Å². The van der Waals surface area contributed by atoms with Gasteiger partial charge in [0.1, 0.15) is 11.8 Å². The molecule has 0 aliphatic rings. The largest absolute Gasteiger partial charge is 0.497 e. The van der Waals surface area contributed by atoms with Gasteiger partial charge in [-0.2, -0.15) is 0 Å². The summed E-state index contributed by atoms with van der Waals surface area (Å²) >= 11 is 0. The summed E-state index contributed by atoms with van der Waals surface area (Å²) in [5, 5.41) is 3.13. The molecule has 0 saturated heterocycles. The van der Waals surface area contributed by atoms with E-state index in [1.54, 1.807) is 14.0 Å². The van der Waals surface area contributed by atoms with Gasteiger partial charge in [0.2, 0.25) is 0 Å². The van der Waals surface area contributed by atoms with Crippen molar-refractivity contribution in [2.45, 2.75) is 26.3 Å². The van der Waals surface area contributed by atoms with Gasteiger partial charge in [0.15, 0.2) is 0 Å². The van der Waals surface area contributed by atoms with Crippen LogP contribution >= 0.6 is 0 Å². The second kappa shape index (κ2) is 6.78. The molecule has 0 aliphatic carbocycles. The van der Waals surface area contributed by atoms with Gasteiger partial charge in [-0.3, -0.25) is 0 Å². The molecule has 4 nitrogen and oxygen atoms in total. The van der Waals surface area contributed by atoms with Crippen LogP contribution in [0.1, 0.15) is 20.3 Å². The van der Waals surface area contributed by atoms with E-state index in [1.165, 1.54) is 0 Å². The van der Waals surface area contributed by atoms with Crippen molar-refractivity contribution in [1.82, 2.24) is 0 Å². The van der Waals surface area contributed by atoms with Crippen molar-refractivity contribution in [3.63, 3.8) is 0 Å². The number of ether oxygens (including phenoxy) is 2. The van der Waals surface area contributed by atoms with Crippen molar-refractivity contribution >= 4 is 11.7 Å². The molecule has 0 fully saturated rings. The summed E-state index contributed by atoms with van der Waals surface area (Å²) in [6.45, 7) is 4.14. The van der Waals surface area contributed by atoms with Gasteiger partial charge in [0, 0.05) is 11.8 Å². The fourth-order valence-electron chi connectivity index (χ4n) is 1.48. The second-order valence-corrected chi connectivity index (χ2v) is 3.59. The number of esters is 1. The molecule has 0 heterocycles. The van der Waals surface area contributed by atoms with Gasteiger partial charge < -0.3 is 14.8 Å². The zero-order valence-electron chi connectivity index (χ0n) is 10.5. The third kappa shape index (κ3) is 3.98. The molecule has 0 aliphatic heterocycles. The number of benzene rings is 1. The minimum absolute atomic E-state index is 0.224. The highest BCUT2D eigenvalue weighted by molar-refractivity contribution is 5.79. The zero-order valence-corrected chi connectivity index (χ0v) is 10.5. The van der Waals surface area contributed by atoms with Crippen LogP contribution in [0.2, 0.25) is 0 Å². The minimum atomic E-state index is -0.318. The van der Waals surface area contributed by atoms with Crippen LogP contribution in [0.25, 0.3) is 0 Å². The number of carbonyl (C=O) groups excluding carboxylic acids is 1. The second-order valence-electron chi connectivity index (χ2n) is 3.59. The number of anilines is 1. The number of carbonyl (C=O) groups is 1. The summed E-state index contributed by atoms with van der Waals surface area (Å²) in [5.74, 6) is 0.534. The van der Waals surface area contributed by atoms with Gasteiger partial charge >= 0.3 is 5.97 Å². The first kappa shape index (κ1) is 13.4. The first-order valence-electron chi connectivity index (χ1n) is 5.78. The summed E-state index contributed by atoms with van der Waals surface area (Å²) in [6.07, 6.45) is 0.677. The van der Waals surface area contributed by atoms with Gasteiger partial charge in [-0.25, -0.2) is 4.79 Å². The van der Waals surface area contributed by atoms with E-state index in [0.29, 0.717) is 13.0 Å². The normalized spacial score (nSPS) is 11.7. The predicted molar refractivity (Wildman–Crippen MR) is 67.3 cm³/mol. The van der Waals surface area contributed by atoms with E-state index in [-0.39, 0.29) is 12.0 Å². The van der Waals surface area contributed by atoms with Crippen molar-refractivity contribution in [2.24, 2.45) is 0 Å². The third-order valence-corrected chi connectivity index (χ3v) is 2.39. The number of methoxy groups -OCH3 is 1. The lowest BCUT2D eigenvalue weighted by molar-refractivity contribution is -0.144. The van der Waals surface area contributed by atoms with Gasteiger partial charge in [-0.15, -0.1) is 0 Å². The van der Waals surface area contributed by atoms with Gasteiger partial charge in [-0.1, -0.05) is 13.0 Å². The molecule has 0 amide bonds. The van der Waals surface area contributed by atoms with Crippen LogP contribution in [0, 0.1) is 0 Å². The van der Waals surface area contributed by atoms with Crippen LogP contribution in [0.5, 0.6) is 5.75 Å². The van der Waals surface area contributed by atoms with Crippen molar-refractivity contribution in [1.29, 1.82) is 0 Å². The van der Waals surface area contributed by atoms with E-state index in [0.717, 1.165) is 11.4 Å². The quantitative estimate of drug-likeness (QED) is 0.772. The van der Waals surface area contributed by atoms with E-state index in [9.17, 15) is 4.79 Å². The van der Waals surface area contributed by atoms with Gasteiger partial charge in [0.25, 0.3) is 0 Å². The van der Waals surface area contributed by atoms with E-state index in [2.05, 4.69) is 5.32 Å². The topological polar surface area (TPSA) is 47.6 Å². The smallest absolute Gasteiger partial charge is 0.328 e. The Balaban J connectivity index is 2.69. The van der Waals surface area contributed by atoms with Crippen molar-refractivity contribution < 1.29 is 14.3 Å². The first-order chi connectivity index (χ1) is 8.21. The van der Waals surface area contributed by atoms with E-state index < -0.39 is 0 Å². The Kier molecular flexibility index (Phi) is 5.33. The fourth-order valence-corrected chi connectivity index (χ4v) is 1.48. The van der Waals surface area contributed by atoms with Crippen LogP contribution in [-0.4, -0.2) is 25.7 Å². The molecule has 0 bridgehead atoms. The Morgan fingerprint density at radius 3 is 2.76 bits per heavy atom. The van der Waals surface area contributed by atoms with E-state index in [1.807, 2.05) is 31.2 Å². The monoisotopic (exact) mass is 237 g/mol. The maximum Gasteiger partial charge on any atom is 0.328 e. The van der Waals surface area contributed by atoms with Gasteiger partial charge in [0.05, 0.1) is 13.7 Å². The minimum Gasteiger partial charge on any atom is -0.497 e. The summed E-state index contributed by atoms with van der Waals surface area (Å²) in [5.41, 5.74) is 0.851. The lowest BCUT2D eigenvalue weighted by atomic mass is 10.2. The molecule has 1 rings (SSSR count). The van der Waals surface area contributed by atoms with Crippen molar-refractivity contribution in [3.8, 4) is 5.75 Å². The summed E-state index contributed by atoms with van der Waals surface area (Å²) < 4.78 is 10.1. The molecule has 17 heavy (non-hydrogen) atoms. The molecule has 0 saturated carbocycles. The molecule has 1 atom stereocenters. The Labute approximate surface area is 102 Å². The molecule has 1 N–H and O–H groups in total. The van der Waals surface area contributed by atoms with Crippen LogP contribution in [0.15, 0.2) is 24.3 Å². The Morgan fingerprint density at radius 2 is 2.18 bits per heavy atom. The highest BCUT2D eigenvalue weighted by Crippen LogP contribution is 2.18. The lowest BCUT2D eigenvalue weighted by Gasteiger charge is -2.17. The molecular formula is C13H19NO3. The highest BCUT2D eigenvalue weighted by Gasteiger charge is 2.17. The molecule has 1 unspecified atom stereocenters. The summed E-state index contributed by atoms with van der Waals surface area (Å²) in [6, 6.07) is 7.16. The fraction of sp³-hybridized carbons (Fsp3) is 0.462. The molecule has 0 spiro atoms. The molecule has 0 radical (unpaired) electrons. The van der Waals surface area contributed by atoms with Crippen LogP contribution < -0.4 is 10.1 Å². The highest BCUT2D eigenvalue weighted by atomic mass is 16.5. The molecular weight excluding hydrogens is 218 g/mol. The molecule has 0 aromatic heterocycles. The molecule has 94 valence electrons. The Morgan fingerprint density at radius 1 is 1.41 bits per heavy atom. The van der Waals surface area contributed by atoms with E-state index >= 15 is 0 Å². The molecule has 1 aromatic carbocycles. The zero-order chi connectivity index (χ0) is 12.7. The SMILES string of the molecule is CCOC(=O)C(CC)Nc1cccc(OC)c1. The predicted octanol–water partition coefficient (Wildman–Crippen LogP) is 2.45. The standard InChI is InChI=1S/C13H19NO3/c1-4-12(13(15)17-5-2)14-10-7-6-8-11(9-10)16-3/h6-9,12,14H,4-5H2,1-3H3. The molecule has 1 aromatic rings. The van der Waals surface area contributed by atoms with Gasteiger partial charge in [-0.05, 0) is 25.5 Å². The number of hydrogen-bond donors (Lipinski definition) is 1. The molecule has 4 heteroatoms. The first-order valence-corrected chi connectivity index (χ1v) is 5.78.